The Balaban J connectivity index is 1.58. The van der Waals surface area contributed by atoms with E-state index < -0.39 is 50.7 Å². The van der Waals surface area contributed by atoms with Crippen molar-refractivity contribution in [2.75, 3.05) is 19.1 Å². The van der Waals surface area contributed by atoms with Crippen LogP contribution in [0.2, 0.25) is 0 Å². The van der Waals surface area contributed by atoms with Gasteiger partial charge < -0.3 is 15.2 Å². The Morgan fingerprint density at radius 2 is 2.27 bits per heavy atom. The minimum absolute atomic E-state index is 0.0183. The SMILES string of the molecule is CC(C)CC(=O)OCOP1(=O)OC[C@H]2O[C@@](C#N)(c3cnc4c(N)ncnn34)[C@](C)(F)[C@@H]2O1. The molecule has 13 nitrogen and oxygen atoms in total. The lowest BCUT2D eigenvalue weighted by molar-refractivity contribution is -0.153. The summed E-state index contributed by atoms with van der Waals surface area (Å²) in [5.74, 6) is -0.494. The van der Waals surface area contributed by atoms with Gasteiger partial charge in [-0.1, -0.05) is 13.8 Å². The second-order valence-corrected chi connectivity index (χ2v) is 9.80. The molecule has 0 amide bonds. The number of alkyl halides is 1. The zero-order valence-corrected chi connectivity index (χ0v) is 18.9. The van der Waals surface area contributed by atoms with E-state index in [0.29, 0.717) is 0 Å². The summed E-state index contributed by atoms with van der Waals surface area (Å²) in [5.41, 5.74) is 1.01. The number of carbonyl (C=O) groups excluding carboxylic acids is 1. The Kier molecular flexibility index (Phi) is 5.88. The average Bonchev–Trinajstić information content (AvgIpc) is 3.26. The van der Waals surface area contributed by atoms with Gasteiger partial charge in [0.25, 0.3) is 0 Å². The summed E-state index contributed by atoms with van der Waals surface area (Å²) < 4.78 is 56.5. The van der Waals surface area contributed by atoms with Crippen molar-refractivity contribution >= 4 is 25.3 Å². The van der Waals surface area contributed by atoms with Crippen LogP contribution in [0.4, 0.5) is 10.2 Å². The van der Waals surface area contributed by atoms with E-state index in [4.69, 9.17) is 28.8 Å². The lowest BCUT2D eigenvalue weighted by Crippen LogP contribution is -2.50. The summed E-state index contributed by atoms with van der Waals surface area (Å²) in [6.07, 6.45) is -0.178. The predicted molar refractivity (Wildman–Crippen MR) is 107 cm³/mol. The van der Waals surface area contributed by atoms with Gasteiger partial charge in [0.1, 0.15) is 30.3 Å². The third kappa shape index (κ3) is 3.85. The molecule has 2 N–H and O–H groups in total. The van der Waals surface area contributed by atoms with Gasteiger partial charge in [0, 0.05) is 6.42 Å². The molecular formula is C18H22FN6O7P. The molecule has 2 fully saturated rings. The van der Waals surface area contributed by atoms with Gasteiger partial charge in [0.15, 0.2) is 17.1 Å². The highest BCUT2D eigenvalue weighted by atomic mass is 31.2. The van der Waals surface area contributed by atoms with Crippen molar-refractivity contribution in [3.05, 3.63) is 18.2 Å². The normalized spacial score (nSPS) is 33.7. The molecule has 5 atom stereocenters. The molecule has 178 valence electrons. The number of fused-ring (bicyclic) bond motifs is 2. The maximum absolute atomic E-state index is 16.3. The second-order valence-electron chi connectivity index (χ2n) is 8.18. The molecule has 1 unspecified atom stereocenters. The van der Waals surface area contributed by atoms with E-state index in [-0.39, 0.29) is 29.5 Å². The lowest BCUT2D eigenvalue weighted by Gasteiger charge is -2.34. The molecule has 0 aromatic carbocycles. The topological polar surface area (TPSA) is 173 Å². The first-order chi connectivity index (χ1) is 15.5. The molecule has 0 aliphatic carbocycles. The summed E-state index contributed by atoms with van der Waals surface area (Å²) in [7, 11) is -4.33. The number of rotatable bonds is 6. The van der Waals surface area contributed by atoms with Gasteiger partial charge in [-0.2, -0.15) is 10.4 Å². The molecule has 4 heterocycles. The number of halogens is 1. The van der Waals surface area contributed by atoms with E-state index in [2.05, 4.69) is 15.1 Å². The maximum atomic E-state index is 16.3. The van der Waals surface area contributed by atoms with Gasteiger partial charge in [0.05, 0.1) is 12.8 Å². The quantitative estimate of drug-likeness (QED) is 0.357. The van der Waals surface area contributed by atoms with Crippen LogP contribution in [0.15, 0.2) is 12.5 Å². The van der Waals surface area contributed by atoms with E-state index in [1.807, 2.05) is 19.9 Å². The smallest absolute Gasteiger partial charge is 0.438 e. The monoisotopic (exact) mass is 484 g/mol. The number of aromatic nitrogens is 4. The molecular weight excluding hydrogens is 462 g/mol. The van der Waals surface area contributed by atoms with Crippen molar-refractivity contribution in [3.63, 3.8) is 0 Å². The van der Waals surface area contributed by atoms with Crippen LogP contribution in [0.25, 0.3) is 5.65 Å². The highest BCUT2D eigenvalue weighted by Crippen LogP contribution is 2.61. The van der Waals surface area contributed by atoms with Gasteiger partial charge in [-0.05, 0) is 12.8 Å². The van der Waals surface area contributed by atoms with Crippen LogP contribution < -0.4 is 5.73 Å². The minimum atomic E-state index is -4.33. The average molecular weight is 484 g/mol. The highest BCUT2D eigenvalue weighted by Gasteiger charge is 2.71. The van der Waals surface area contributed by atoms with Crippen molar-refractivity contribution in [2.45, 2.75) is 50.7 Å². The number of nitriles is 1. The van der Waals surface area contributed by atoms with Gasteiger partial charge in [-0.25, -0.2) is 28.0 Å². The number of carbonyl (C=O) groups is 1. The van der Waals surface area contributed by atoms with Gasteiger partial charge in [0.2, 0.25) is 12.4 Å². The highest BCUT2D eigenvalue weighted by molar-refractivity contribution is 7.48. The number of nitrogens with zero attached hydrogens (tertiary/aromatic N) is 5. The molecule has 0 radical (unpaired) electrons. The molecule has 33 heavy (non-hydrogen) atoms. The first-order valence-electron chi connectivity index (χ1n) is 9.99. The third-order valence-electron chi connectivity index (χ3n) is 5.38. The molecule has 0 spiro atoms. The summed E-state index contributed by atoms with van der Waals surface area (Å²) >= 11 is 0. The summed E-state index contributed by atoms with van der Waals surface area (Å²) in [5, 5.41) is 14.0. The van der Waals surface area contributed by atoms with Crippen LogP contribution in [0, 0.1) is 17.2 Å². The second kappa shape index (κ2) is 8.27. The minimum Gasteiger partial charge on any atom is -0.438 e. The molecule has 4 rings (SSSR count). The van der Waals surface area contributed by atoms with E-state index in [0.717, 1.165) is 17.8 Å². The van der Waals surface area contributed by atoms with Crippen LogP contribution in [0.5, 0.6) is 0 Å². The standard InChI is InChI=1S/C18H22FN6O7P/c1-10(2)4-13(26)28-9-30-33(27)29-6-11-14(32-33)17(3,19)18(7-20,31-11)12-5-22-16-15(21)23-8-24-25(12)16/h5,8,10-11,14H,4,6,9H2,1-3H3,(H2,21,23,24)/t11-,14-,17-,18+,33?/m1/s1. The Morgan fingerprint density at radius 3 is 2.97 bits per heavy atom. The molecule has 2 aromatic heterocycles. The number of hydrogen-bond acceptors (Lipinski definition) is 12. The summed E-state index contributed by atoms with van der Waals surface area (Å²) in [6.45, 7) is 3.61. The van der Waals surface area contributed by atoms with Crippen LogP contribution in [0.3, 0.4) is 0 Å². The zero-order valence-electron chi connectivity index (χ0n) is 18.0. The first-order valence-corrected chi connectivity index (χ1v) is 11.4. The van der Waals surface area contributed by atoms with Gasteiger partial charge in [-0.3, -0.25) is 13.8 Å². The molecule has 0 bridgehead atoms. The van der Waals surface area contributed by atoms with Crippen LogP contribution in [-0.4, -0.2) is 56.8 Å². The van der Waals surface area contributed by atoms with Crippen molar-refractivity contribution in [1.82, 2.24) is 19.6 Å². The number of nitrogens with two attached hydrogens (primary N) is 1. The fourth-order valence-corrected chi connectivity index (χ4v) is 5.09. The molecule has 2 aliphatic heterocycles. The number of esters is 1. The molecule has 2 aliphatic rings. The first kappa shape index (κ1) is 23.5. The molecule has 2 aromatic rings. The van der Waals surface area contributed by atoms with Crippen molar-refractivity contribution in [1.29, 1.82) is 5.26 Å². The number of imidazole rings is 1. The van der Waals surface area contributed by atoms with Crippen LogP contribution in [-0.2, 0) is 38.0 Å². The Morgan fingerprint density at radius 1 is 1.52 bits per heavy atom. The van der Waals surface area contributed by atoms with E-state index in [9.17, 15) is 14.6 Å². The van der Waals surface area contributed by atoms with Crippen molar-refractivity contribution in [3.8, 4) is 6.07 Å². The number of ether oxygens (including phenoxy) is 2. The van der Waals surface area contributed by atoms with E-state index >= 15 is 4.39 Å². The Bertz CT molecular complexity index is 1170. The van der Waals surface area contributed by atoms with Gasteiger partial charge in [-0.15, -0.1) is 0 Å². The summed E-state index contributed by atoms with van der Waals surface area (Å²) in [4.78, 5) is 19.5. The summed E-state index contributed by atoms with van der Waals surface area (Å²) in [6, 6.07) is 1.85. The Hall–Kier alpha value is -2.69. The van der Waals surface area contributed by atoms with E-state index in [1.165, 1.54) is 6.20 Å². The van der Waals surface area contributed by atoms with E-state index in [1.54, 1.807) is 0 Å². The van der Waals surface area contributed by atoms with Gasteiger partial charge >= 0.3 is 13.8 Å². The number of nitrogen functional groups attached to an aromatic ring is 1. The third-order valence-corrected chi connectivity index (χ3v) is 6.76. The number of anilines is 1. The molecule has 0 saturated carbocycles. The van der Waals surface area contributed by atoms with Crippen LogP contribution in [0.1, 0.15) is 32.9 Å². The zero-order chi connectivity index (χ0) is 24.0. The number of phosphoric ester groups is 1. The molecule has 15 heteroatoms. The maximum Gasteiger partial charge on any atom is 0.478 e. The lowest BCUT2D eigenvalue weighted by atomic mass is 9.82. The fraction of sp³-hybridized carbons (Fsp3) is 0.611. The Labute approximate surface area is 187 Å². The largest absolute Gasteiger partial charge is 0.478 e. The predicted octanol–water partition coefficient (Wildman–Crippen LogP) is 1.64. The van der Waals surface area contributed by atoms with Crippen molar-refractivity contribution in [2.24, 2.45) is 5.92 Å². The van der Waals surface area contributed by atoms with Crippen molar-refractivity contribution < 1.29 is 36.8 Å². The fourth-order valence-electron chi connectivity index (χ4n) is 3.77. The number of phosphoric acid groups is 1. The van der Waals surface area contributed by atoms with Crippen LogP contribution >= 0.6 is 7.82 Å². The number of hydrogen-bond donors (Lipinski definition) is 1. The molecule has 2 saturated heterocycles.